The van der Waals surface area contributed by atoms with E-state index in [0.29, 0.717) is 0 Å². The molecule has 0 spiro atoms. The van der Waals surface area contributed by atoms with Crippen LogP contribution in [0, 0.1) is 0 Å². The summed E-state index contributed by atoms with van der Waals surface area (Å²) < 4.78 is 5.38. The highest BCUT2D eigenvalue weighted by Crippen LogP contribution is 2.22. The molecule has 0 amide bonds. The van der Waals surface area contributed by atoms with E-state index < -0.39 is 0 Å². The number of nitrogens with zero attached hydrogens (tertiary/aromatic N) is 2. The number of halogens is 2. The molecule has 3 rings (SSSR count). The van der Waals surface area contributed by atoms with Crippen LogP contribution in [0.2, 0.25) is 5.02 Å². The number of fused-ring (bicyclic) bond motifs is 1. The van der Waals surface area contributed by atoms with Crippen molar-refractivity contribution in [2.45, 2.75) is 13.3 Å². The molecule has 0 bridgehead atoms. The summed E-state index contributed by atoms with van der Waals surface area (Å²) in [5.41, 5.74) is 2.38. The maximum absolute atomic E-state index is 6.12. The van der Waals surface area contributed by atoms with Crippen molar-refractivity contribution in [2.75, 3.05) is 52.5 Å². The third-order valence-electron chi connectivity index (χ3n) is 4.55. The SMILES string of the molecule is CCNC(=NCCN1CCOCC1)NCCc1c[nH]c2ccc(Cl)cc12.I. The van der Waals surface area contributed by atoms with Gasteiger partial charge in [0.15, 0.2) is 5.96 Å². The molecule has 0 unspecified atom stereocenters. The molecule has 0 radical (unpaired) electrons. The fourth-order valence-corrected chi connectivity index (χ4v) is 3.31. The minimum atomic E-state index is 0. The molecule has 2 heterocycles. The van der Waals surface area contributed by atoms with Gasteiger partial charge < -0.3 is 20.4 Å². The summed E-state index contributed by atoms with van der Waals surface area (Å²) >= 11 is 6.12. The van der Waals surface area contributed by atoms with Gasteiger partial charge in [-0.3, -0.25) is 9.89 Å². The molecule has 6 nitrogen and oxygen atoms in total. The van der Waals surface area contributed by atoms with Gasteiger partial charge >= 0.3 is 0 Å². The smallest absolute Gasteiger partial charge is 0.191 e. The molecule has 0 atom stereocenters. The minimum Gasteiger partial charge on any atom is -0.379 e. The van der Waals surface area contributed by atoms with Crippen LogP contribution in [0.3, 0.4) is 0 Å². The van der Waals surface area contributed by atoms with Crippen LogP contribution in [0.4, 0.5) is 0 Å². The Labute approximate surface area is 183 Å². The lowest BCUT2D eigenvalue weighted by Gasteiger charge is -2.25. The third-order valence-corrected chi connectivity index (χ3v) is 4.79. The largest absolute Gasteiger partial charge is 0.379 e. The second-order valence-corrected chi connectivity index (χ2v) is 6.83. The lowest BCUT2D eigenvalue weighted by molar-refractivity contribution is 0.0394. The normalized spacial score (nSPS) is 15.6. The van der Waals surface area contributed by atoms with Gasteiger partial charge in [0.1, 0.15) is 0 Å². The third kappa shape index (κ3) is 6.81. The van der Waals surface area contributed by atoms with Crippen LogP contribution in [-0.2, 0) is 11.2 Å². The summed E-state index contributed by atoms with van der Waals surface area (Å²) in [6.07, 6.45) is 2.97. The Morgan fingerprint density at radius 3 is 2.89 bits per heavy atom. The Kier molecular flexibility index (Phi) is 9.67. The van der Waals surface area contributed by atoms with Gasteiger partial charge in [-0.25, -0.2) is 0 Å². The number of morpholine rings is 1. The number of ether oxygens (including phenoxy) is 1. The fourth-order valence-electron chi connectivity index (χ4n) is 3.14. The van der Waals surface area contributed by atoms with Crippen LogP contribution in [0.25, 0.3) is 10.9 Å². The fraction of sp³-hybridized carbons (Fsp3) is 0.526. The highest BCUT2D eigenvalue weighted by molar-refractivity contribution is 14.0. The molecule has 27 heavy (non-hydrogen) atoms. The lowest BCUT2D eigenvalue weighted by Crippen LogP contribution is -2.40. The van der Waals surface area contributed by atoms with Crippen molar-refractivity contribution in [2.24, 2.45) is 4.99 Å². The molecule has 1 aromatic carbocycles. The van der Waals surface area contributed by atoms with Crippen LogP contribution in [0.1, 0.15) is 12.5 Å². The first kappa shape index (κ1) is 22.3. The number of hydrogen-bond donors (Lipinski definition) is 3. The second kappa shape index (κ2) is 11.7. The van der Waals surface area contributed by atoms with Crippen LogP contribution >= 0.6 is 35.6 Å². The van der Waals surface area contributed by atoms with E-state index in [1.807, 2.05) is 18.2 Å². The summed E-state index contributed by atoms with van der Waals surface area (Å²) in [5, 5.41) is 8.69. The van der Waals surface area contributed by atoms with Gasteiger partial charge in [-0.05, 0) is 37.1 Å². The van der Waals surface area contributed by atoms with Crippen LogP contribution < -0.4 is 10.6 Å². The molecule has 2 aromatic rings. The van der Waals surface area contributed by atoms with Crippen LogP contribution in [-0.4, -0.2) is 68.3 Å². The highest BCUT2D eigenvalue weighted by atomic mass is 127. The maximum Gasteiger partial charge on any atom is 0.191 e. The summed E-state index contributed by atoms with van der Waals surface area (Å²) in [7, 11) is 0. The number of H-pyrrole nitrogens is 1. The van der Waals surface area contributed by atoms with E-state index in [-0.39, 0.29) is 24.0 Å². The van der Waals surface area contributed by atoms with Crippen molar-refractivity contribution < 1.29 is 4.74 Å². The number of aliphatic imine (C=N–C) groups is 1. The number of aromatic nitrogens is 1. The predicted molar refractivity (Wildman–Crippen MR) is 124 cm³/mol. The van der Waals surface area contributed by atoms with E-state index >= 15 is 0 Å². The zero-order valence-electron chi connectivity index (χ0n) is 15.8. The van der Waals surface area contributed by atoms with Crippen molar-refractivity contribution >= 4 is 52.4 Å². The molecule has 150 valence electrons. The Morgan fingerprint density at radius 1 is 1.30 bits per heavy atom. The number of hydrogen-bond acceptors (Lipinski definition) is 3. The first-order valence-electron chi connectivity index (χ1n) is 9.34. The highest BCUT2D eigenvalue weighted by Gasteiger charge is 2.09. The van der Waals surface area contributed by atoms with Gasteiger partial charge in [-0.15, -0.1) is 24.0 Å². The molecule has 0 saturated carbocycles. The van der Waals surface area contributed by atoms with Gasteiger partial charge in [0.2, 0.25) is 0 Å². The van der Waals surface area contributed by atoms with Gasteiger partial charge in [0.05, 0.1) is 19.8 Å². The summed E-state index contributed by atoms with van der Waals surface area (Å²) in [6, 6.07) is 5.95. The minimum absolute atomic E-state index is 0. The van der Waals surface area contributed by atoms with Crippen molar-refractivity contribution in [3.8, 4) is 0 Å². The quantitative estimate of drug-likeness (QED) is 0.308. The lowest BCUT2D eigenvalue weighted by atomic mass is 10.1. The van der Waals surface area contributed by atoms with E-state index in [9.17, 15) is 0 Å². The monoisotopic (exact) mass is 505 g/mol. The average Bonchev–Trinajstić information content (AvgIpc) is 3.05. The van der Waals surface area contributed by atoms with Gasteiger partial charge in [0.25, 0.3) is 0 Å². The summed E-state index contributed by atoms with van der Waals surface area (Å²) in [5.74, 6) is 0.874. The second-order valence-electron chi connectivity index (χ2n) is 6.40. The van der Waals surface area contributed by atoms with E-state index in [1.54, 1.807) is 0 Å². The number of nitrogens with one attached hydrogen (secondary N) is 3. The Morgan fingerprint density at radius 2 is 2.11 bits per heavy atom. The maximum atomic E-state index is 6.12. The molecule has 1 aliphatic rings. The van der Waals surface area contributed by atoms with Gasteiger partial charge in [0, 0.05) is 54.8 Å². The van der Waals surface area contributed by atoms with E-state index in [0.717, 1.165) is 75.4 Å². The first-order valence-corrected chi connectivity index (χ1v) is 9.72. The van der Waals surface area contributed by atoms with Crippen molar-refractivity contribution in [3.63, 3.8) is 0 Å². The van der Waals surface area contributed by atoms with Crippen LogP contribution in [0.5, 0.6) is 0 Å². The Bertz CT molecular complexity index is 730. The van der Waals surface area contributed by atoms with E-state index in [1.165, 1.54) is 10.9 Å². The molecular formula is C19H29ClIN5O. The zero-order chi connectivity index (χ0) is 18.2. The van der Waals surface area contributed by atoms with E-state index in [2.05, 4.69) is 38.6 Å². The van der Waals surface area contributed by atoms with Crippen molar-refractivity contribution in [1.29, 1.82) is 0 Å². The van der Waals surface area contributed by atoms with Crippen LogP contribution in [0.15, 0.2) is 29.4 Å². The molecular weight excluding hydrogens is 477 g/mol. The number of aromatic amines is 1. The zero-order valence-corrected chi connectivity index (χ0v) is 18.8. The summed E-state index contributed by atoms with van der Waals surface area (Å²) in [4.78, 5) is 10.4. The van der Waals surface area contributed by atoms with Gasteiger partial charge in [-0.1, -0.05) is 11.6 Å². The standard InChI is InChI=1S/C19H28ClN5O.HI/c1-2-21-19(23-7-8-25-9-11-26-12-10-25)22-6-5-15-14-24-18-4-3-16(20)13-17(15)18;/h3-4,13-14,24H,2,5-12H2,1H3,(H2,21,22,23);1H. The molecule has 1 aliphatic heterocycles. The number of rotatable bonds is 7. The molecule has 1 fully saturated rings. The summed E-state index contributed by atoms with van der Waals surface area (Å²) in [6.45, 7) is 9.19. The average molecular weight is 506 g/mol. The molecule has 8 heteroatoms. The Balaban J connectivity index is 0.00000261. The molecule has 1 saturated heterocycles. The van der Waals surface area contributed by atoms with Gasteiger partial charge in [-0.2, -0.15) is 0 Å². The molecule has 0 aliphatic carbocycles. The molecule has 3 N–H and O–H groups in total. The first-order chi connectivity index (χ1) is 12.8. The van der Waals surface area contributed by atoms with Crippen molar-refractivity contribution in [1.82, 2.24) is 20.5 Å². The Hall–Kier alpha value is -1.03. The van der Waals surface area contributed by atoms with Crippen molar-refractivity contribution in [3.05, 3.63) is 35.0 Å². The predicted octanol–water partition coefficient (Wildman–Crippen LogP) is 2.87. The van der Waals surface area contributed by atoms with E-state index in [4.69, 9.17) is 16.3 Å². The number of benzene rings is 1. The number of guanidine groups is 1. The molecule has 1 aromatic heterocycles. The topological polar surface area (TPSA) is 64.7 Å².